The summed E-state index contributed by atoms with van der Waals surface area (Å²) in [5.74, 6) is 0.729. The number of hydrogen-bond donors (Lipinski definition) is 0. The van der Waals surface area contributed by atoms with Crippen LogP contribution in [0.4, 0.5) is 0 Å². The van der Waals surface area contributed by atoms with Crippen LogP contribution in [0.25, 0.3) is 11.3 Å². The summed E-state index contributed by atoms with van der Waals surface area (Å²) >= 11 is 0. The second-order valence-electron chi connectivity index (χ2n) is 8.26. The molecule has 0 bridgehead atoms. The Morgan fingerprint density at radius 2 is 1.97 bits per heavy atom. The van der Waals surface area contributed by atoms with Crippen LogP contribution in [0, 0.1) is 31.1 Å². The number of carbonyl (C=O) groups is 1. The van der Waals surface area contributed by atoms with Gasteiger partial charge in [0.05, 0.1) is 23.1 Å². The van der Waals surface area contributed by atoms with Crippen molar-refractivity contribution in [3.8, 4) is 17.3 Å². The number of nitriles is 1. The summed E-state index contributed by atoms with van der Waals surface area (Å²) in [6, 6.07) is 11.8. The van der Waals surface area contributed by atoms with Crippen molar-refractivity contribution in [3.63, 3.8) is 0 Å². The second kappa shape index (κ2) is 8.34. The molecule has 1 saturated carbocycles. The highest BCUT2D eigenvalue weighted by atomic mass is 16.5. The normalized spacial score (nSPS) is 18.4. The van der Waals surface area contributed by atoms with E-state index >= 15 is 0 Å². The van der Waals surface area contributed by atoms with Gasteiger partial charge in [0.25, 0.3) is 5.91 Å². The molecule has 2 fully saturated rings. The van der Waals surface area contributed by atoms with Gasteiger partial charge in [-0.3, -0.25) is 9.78 Å². The minimum Gasteiger partial charge on any atom is -0.376 e. The van der Waals surface area contributed by atoms with Crippen LogP contribution in [0.15, 0.2) is 30.3 Å². The fourth-order valence-corrected chi connectivity index (χ4v) is 4.00. The molecule has 29 heavy (non-hydrogen) atoms. The van der Waals surface area contributed by atoms with E-state index in [-0.39, 0.29) is 12.0 Å². The van der Waals surface area contributed by atoms with Crippen LogP contribution in [0.1, 0.15) is 52.9 Å². The Labute approximate surface area is 172 Å². The maximum absolute atomic E-state index is 13.2. The van der Waals surface area contributed by atoms with Crippen molar-refractivity contribution in [1.29, 1.82) is 5.26 Å². The quantitative estimate of drug-likeness (QED) is 0.740. The van der Waals surface area contributed by atoms with Gasteiger partial charge in [0, 0.05) is 30.8 Å². The first-order chi connectivity index (χ1) is 14.0. The molecule has 1 aliphatic heterocycles. The minimum absolute atomic E-state index is 0.0825. The molecule has 2 heterocycles. The highest BCUT2D eigenvalue weighted by Crippen LogP contribution is 2.31. The molecule has 5 heteroatoms. The molecule has 5 nitrogen and oxygen atoms in total. The Morgan fingerprint density at radius 3 is 2.55 bits per heavy atom. The highest BCUT2D eigenvalue weighted by Gasteiger charge is 2.30. The van der Waals surface area contributed by atoms with E-state index in [1.165, 1.54) is 12.8 Å². The average molecular weight is 389 g/mol. The van der Waals surface area contributed by atoms with Gasteiger partial charge in [-0.2, -0.15) is 5.26 Å². The number of carbonyl (C=O) groups excluding carboxylic acids is 1. The Kier molecular flexibility index (Phi) is 5.64. The van der Waals surface area contributed by atoms with Gasteiger partial charge in [0.1, 0.15) is 6.07 Å². The lowest BCUT2D eigenvalue weighted by atomic mass is 10.0. The van der Waals surface area contributed by atoms with Crippen LogP contribution >= 0.6 is 0 Å². The largest absolute Gasteiger partial charge is 0.376 e. The van der Waals surface area contributed by atoms with Crippen LogP contribution in [-0.2, 0) is 4.74 Å². The molecule has 0 N–H and O–H groups in total. The lowest BCUT2D eigenvalue weighted by molar-refractivity contribution is 0.0515. The van der Waals surface area contributed by atoms with Gasteiger partial charge in [0.15, 0.2) is 0 Å². The third kappa shape index (κ3) is 4.49. The molecular weight excluding hydrogens is 362 g/mol. The zero-order chi connectivity index (χ0) is 20.4. The average Bonchev–Trinajstić information content (AvgIpc) is 3.39. The van der Waals surface area contributed by atoms with Crippen LogP contribution < -0.4 is 0 Å². The SMILES string of the molecule is Cc1cc(-c2ccc(C(=O)N(CC3CC3)CC3CCCO3)cc2)nc(C)c1C#N. The number of ether oxygens (including phenoxy) is 1. The topological polar surface area (TPSA) is 66.2 Å². The summed E-state index contributed by atoms with van der Waals surface area (Å²) in [4.78, 5) is 19.7. The predicted octanol–water partition coefficient (Wildman–Crippen LogP) is 4.27. The molecule has 1 atom stereocenters. The van der Waals surface area contributed by atoms with Crippen LogP contribution in [0.5, 0.6) is 0 Å². The van der Waals surface area contributed by atoms with Crippen molar-refractivity contribution in [2.24, 2.45) is 5.92 Å². The molecule has 1 aromatic carbocycles. The Balaban J connectivity index is 1.52. The van der Waals surface area contributed by atoms with Crippen LogP contribution in [-0.4, -0.2) is 41.6 Å². The zero-order valence-corrected chi connectivity index (χ0v) is 17.1. The molecule has 150 valence electrons. The first kappa shape index (κ1) is 19.6. The van der Waals surface area contributed by atoms with Gasteiger partial charge < -0.3 is 9.64 Å². The molecule has 1 aliphatic carbocycles. The van der Waals surface area contributed by atoms with Crippen LogP contribution in [0.2, 0.25) is 0 Å². The fourth-order valence-electron chi connectivity index (χ4n) is 4.00. The monoisotopic (exact) mass is 389 g/mol. The van der Waals surface area contributed by atoms with E-state index in [1.54, 1.807) is 0 Å². The summed E-state index contributed by atoms with van der Waals surface area (Å²) < 4.78 is 5.76. The highest BCUT2D eigenvalue weighted by molar-refractivity contribution is 5.94. The van der Waals surface area contributed by atoms with E-state index < -0.39 is 0 Å². The Morgan fingerprint density at radius 1 is 1.21 bits per heavy atom. The van der Waals surface area contributed by atoms with Crippen LogP contribution in [0.3, 0.4) is 0 Å². The van der Waals surface area contributed by atoms with E-state index in [0.717, 1.165) is 48.5 Å². The molecule has 2 aromatic rings. The first-order valence-corrected chi connectivity index (χ1v) is 10.4. The predicted molar refractivity (Wildman–Crippen MR) is 111 cm³/mol. The Bertz CT molecular complexity index is 913. The molecular formula is C24H27N3O2. The summed E-state index contributed by atoms with van der Waals surface area (Å²) in [7, 11) is 0. The number of aromatic nitrogens is 1. The van der Waals surface area contributed by atoms with E-state index in [0.29, 0.717) is 23.6 Å². The van der Waals surface area contributed by atoms with E-state index in [2.05, 4.69) is 11.1 Å². The first-order valence-electron chi connectivity index (χ1n) is 10.4. The standard InChI is InChI=1S/C24H27N3O2/c1-16-12-23(26-17(2)22(16)13-25)19-7-9-20(10-8-19)24(28)27(14-18-5-6-18)15-21-4-3-11-29-21/h7-10,12,18,21H,3-6,11,14-15H2,1-2H3. The molecule has 1 aromatic heterocycles. The maximum atomic E-state index is 13.2. The minimum atomic E-state index is 0.0825. The zero-order valence-electron chi connectivity index (χ0n) is 17.1. The smallest absolute Gasteiger partial charge is 0.253 e. The van der Waals surface area contributed by atoms with Crippen molar-refractivity contribution >= 4 is 5.91 Å². The summed E-state index contributed by atoms with van der Waals surface area (Å²) in [5, 5.41) is 9.24. The van der Waals surface area contributed by atoms with E-state index in [1.807, 2.05) is 49.1 Å². The summed E-state index contributed by atoms with van der Waals surface area (Å²) in [6.45, 7) is 6.10. The van der Waals surface area contributed by atoms with Gasteiger partial charge in [-0.15, -0.1) is 0 Å². The van der Waals surface area contributed by atoms with Crippen molar-refractivity contribution in [2.45, 2.75) is 45.6 Å². The summed E-state index contributed by atoms with van der Waals surface area (Å²) in [6.07, 6.45) is 4.73. The lowest BCUT2D eigenvalue weighted by Crippen LogP contribution is -2.38. The number of benzene rings is 1. The molecule has 2 aliphatic rings. The van der Waals surface area contributed by atoms with Crippen molar-refractivity contribution in [2.75, 3.05) is 19.7 Å². The number of aryl methyl sites for hydroxylation is 2. The number of pyridine rings is 1. The Hall–Kier alpha value is -2.71. The lowest BCUT2D eigenvalue weighted by Gasteiger charge is -2.25. The maximum Gasteiger partial charge on any atom is 0.253 e. The van der Waals surface area contributed by atoms with Gasteiger partial charge >= 0.3 is 0 Å². The third-order valence-electron chi connectivity index (χ3n) is 5.85. The summed E-state index contributed by atoms with van der Waals surface area (Å²) in [5.41, 5.74) is 4.76. The molecule has 4 rings (SSSR count). The third-order valence-corrected chi connectivity index (χ3v) is 5.85. The van der Waals surface area contributed by atoms with Crippen molar-refractivity contribution in [3.05, 3.63) is 52.7 Å². The van der Waals surface area contributed by atoms with E-state index in [4.69, 9.17) is 4.74 Å². The van der Waals surface area contributed by atoms with Gasteiger partial charge in [-0.05, 0) is 69.2 Å². The molecule has 1 unspecified atom stereocenters. The van der Waals surface area contributed by atoms with Gasteiger partial charge in [-0.25, -0.2) is 0 Å². The number of nitrogens with zero attached hydrogens (tertiary/aromatic N) is 3. The number of rotatable bonds is 6. The van der Waals surface area contributed by atoms with Crippen molar-refractivity contribution < 1.29 is 9.53 Å². The molecule has 0 radical (unpaired) electrons. The number of hydrogen-bond acceptors (Lipinski definition) is 4. The molecule has 1 amide bonds. The second-order valence-corrected chi connectivity index (χ2v) is 8.26. The van der Waals surface area contributed by atoms with Gasteiger partial charge in [0.2, 0.25) is 0 Å². The number of amides is 1. The van der Waals surface area contributed by atoms with E-state index in [9.17, 15) is 10.1 Å². The molecule has 1 saturated heterocycles. The van der Waals surface area contributed by atoms with Gasteiger partial charge in [-0.1, -0.05) is 12.1 Å². The fraction of sp³-hybridized carbons (Fsp3) is 0.458. The molecule has 0 spiro atoms. The van der Waals surface area contributed by atoms with Crippen molar-refractivity contribution in [1.82, 2.24) is 9.88 Å².